The highest BCUT2D eigenvalue weighted by Crippen LogP contribution is 2.19. The molecule has 0 aliphatic carbocycles. The maximum Gasteiger partial charge on any atom is 0.325 e. The number of esters is 1. The van der Waals surface area contributed by atoms with E-state index in [9.17, 15) is 4.79 Å². The number of anilines is 1. The van der Waals surface area contributed by atoms with Crippen molar-refractivity contribution in [3.05, 3.63) is 28.8 Å². The Morgan fingerprint density at radius 2 is 2.29 bits per heavy atom. The minimum atomic E-state index is -0.333. The first-order valence-electron chi connectivity index (χ1n) is 5.16. The lowest BCUT2D eigenvalue weighted by Gasteiger charge is -2.09. The zero-order valence-electron chi connectivity index (χ0n) is 9.66. The molecule has 0 heterocycles. The second-order valence-corrected chi connectivity index (χ2v) is 4.11. The first kappa shape index (κ1) is 13.3. The molecule has 1 aromatic carbocycles. The van der Waals surface area contributed by atoms with Crippen LogP contribution in [-0.2, 0) is 9.53 Å². The van der Waals surface area contributed by atoms with Gasteiger partial charge in [0, 0.05) is 5.69 Å². The minimum Gasteiger partial charge on any atom is -0.462 e. The lowest BCUT2D eigenvalue weighted by atomic mass is 10.2. The number of carbonyl (C=O) groups is 1. The molecule has 17 heavy (non-hydrogen) atoms. The zero-order valence-corrected chi connectivity index (χ0v) is 10.4. The number of nitrogens with one attached hydrogen (secondary N) is 1. The van der Waals surface area contributed by atoms with E-state index in [0.29, 0.717) is 16.3 Å². The highest BCUT2D eigenvalue weighted by molar-refractivity contribution is 6.32. The molecule has 0 aliphatic rings. The molecule has 0 saturated heterocycles. The summed E-state index contributed by atoms with van der Waals surface area (Å²) < 4.78 is 4.96. The first-order valence-corrected chi connectivity index (χ1v) is 5.53. The third-order valence-electron chi connectivity index (χ3n) is 1.89. The van der Waals surface area contributed by atoms with Crippen LogP contribution in [0.2, 0.25) is 5.02 Å². The predicted molar refractivity (Wildman–Crippen MR) is 65.9 cm³/mol. The van der Waals surface area contributed by atoms with Gasteiger partial charge in [0.05, 0.1) is 16.7 Å². The van der Waals surface area contributed by atoms with Gasteiger partial charge in [-0.2, -0.15) is 5.26 Å². The van der Waals surface area contributed by atoms with Crippen LogP contribution in [0.1, 0.15) is 19.4 Å². The van der Waals surface area contributed by atoms with Gasteiger partial charge in [0.25, 0.3) is 0 Å². The molecule has 5 heteroatoms. The molecular formula is C12H13ClN2O2. The molecule has 0 amide bonds. The number of hydrogen-bond acceptors (Lipinski definition) is 4. The van der Waals surface area contributed by atoms with Crippen molar-refractivity contribution in [3.8, 4) is 6.07 Å². The molecule has 4 nitrogen and oxygen atoms in total. The largest absolute Gasteiger partial charge is 0.462 e. The summed E-state index contributed by atoms with van der Waals surface area (Å²) in [6.07, 6.45) is -0.131. The van der Waals surface area contributed by atoms with Gasteiger partial charge in [0.2, 0.25) is 0 Å². The van der Waals surface area contributed by atoms with Crippen LogP contribution in [-0.4, -0.2) is 18.6 Å². The quantitative estimate of drug-likeness (QED) is 0.837. The maximum absolute atomic E-state index is 11.3. The van der Waals surface area contributed by atoms with Crippen LogP contribution in [0.4, 0.5) is 5.69 Å². The average molecular weight is 253 g/mol. The molecule has 0 unspecified atom stereocenters. The number of ether oxygens (including phenoxy) is 1. The lowest BCUT2D eigenvalue weighted by molar-refractivity contribution is -0.145. The maximum atomic E-state index is 11.3. The van der Waals surface area contributed by atoms with Crippen molar-refractivity contribution in [2.75, 3.05) is 11.9 Å². The fourth-order valence-corrected chi connectivity index (χ4v) is 1.42. The minimum absolute atomic E-state index is 0.0699. The fraction of sp³-hybridized carbons (Fsp3) is 0.333. The summed E-state index contributed by atoms with van der Waals surface area (Å²) in [6.45, 7) is 3.65. The normalized spacial score (nSPS) is 9.82. The van der Waals surface area contributed by atoms with E-state index in [2.05, 4.69) is 5.32 Å². The molecule has 0 spiro atoms. The summed E-state index contributed by atoms with van der Waals surface area (Å²) in [5.74, 6) is -0.333. The Kier molecular flexibility index (Phi) is 4.80. The Bertz CT molecular complexity index is 452. The summed E-state index contributed by atoms with van der Waals surface area (Å²) in [5, 5.41) is 11.9. The van der Waals surface area contributed by atoms with Gasteiger partial charge >= 0.3 is 5.97 Å². The van der Waals surface area contributed by atoms with Crippen molar-refractivity contribution in [2.45, 2.75) is 20.0 Å². The number of nitrogens with zero attached hydrogens (tertiary/aromatic N) is 1. The average Bonchev–Trinajstić information content (AvgIpc) is 2.25. The van der Waals surface area contributed by atoms with E-state index in [4.69, 9.17) is 21.6 Å². The van der Waals surface area contributed by atoms with Crippen LogP contribution in [0.25, 0.3) is 0 Å². The van der Waals surface area contributed by atoms with E-state index >= 15 is 0 Å². The van der Waals surface area contributed by atoms with Gasteiger partial charge in [-0.1, -0.05) is 11.6 Å². The Morgan fingerprint density at radius 1 is 1.59 bits per heavy atom. The van der Waals surface area contributed by atoms with Gasteiger partial charge in [-0.25, -0.2) is 0 Å². The highest BCUT2D eigenvalue weighted by Gasteiger charge is 2.06. The van der Waals surface area contributed by atoms with E-state index in [1.165, 1.54) is 0 Å². The van der Waals surface area contributed by atoms with Crippen molar-refractivity contribution >= 4 is 23.3 Å². The number of hydrogen-bond donors (Lipinski definition) is 1. The number of nitriles is 1. The van der Waals surface area contributed by atoms with Crippen molar-refractivity contribution in [1.29, 1.82) is 5.26 Å². The molecule has 1 rings (SSSR count). The molecule has 1 aromatic rings. The SMILES string of the molecule is CC(C)OC(=O)CNc1ccc(C#N)c(Cl)c1. The molecule has 0 saturated carbocycles. The molecular weight excluding hydrogens is 240 g/mol. The summed E-state index contributed by atoms with van der Waals surface area (Å²) in [7, 11) is 0. The molecule has 0 bridgehead atoms. The molecule has 0 atom stereocenters. The topological polar surface area (TPSA) is 62.1 Å². The van der Waals surface area contributed by atoms with Crippen LogP contribution in [0, 0.1) is 11.3 Å². The molecule has 0 fully saturated rings. The van der Waals surface area contributed by atoms with E-state index < -0.39 is 0 Å². The summed E-state index contributed by atoms with van der Waals surface area (Å²) >= 11 is 5.85. The van der Waals surface area contributed by atoms with E-state index in [-0.39, 0.29) is 18.6 Å². The predicted octanol–water partition coefficient (Wildman–Crippen LogP) is 2.58. The molecule has 0 aromatic heterocycles. The monoisotopic (exact) mass is 252 g/mol. The number of carbonyl (C=O) groups excluding carboxylic acids is 1. The standard InChI is InChI=1S/C12H13ClN2O2/c1-8(2)17-12(16)7-15-10-4-3-9(6-14)11(13)5-10/h3-5,8,15H,7H2,1-2H3. The van der Waals surface area contributed by atoms with Crippen LogP contribution in [0.5, 0.6) is 0 Å². The zero-order chi connectivity index (χ0) is 12.8. The van der Waals surface area contributed by atoms with Crippen LogP contribution >= 0.6 is 11.6 Å². The molecule has 1 N–H and O–H groups in total. The van der Waals surface area contributed by atoms with Gasteiger partial charge in [-0.15, -0.1) is 0 Å². The smallest absolute Gasteiger partial charge is 0.325 e. The van der Waals surface area contributed by atoms with Gasteiger partial charge in [-0.05, 0) is 32.0 Å². The second-order valence-electron chi connectivity index (χ2n) is 3.70. The third-order valence-corrected chi connectivity index (χ3v) is 2.21. The highest BCUT2D eigenvalue weighted by atomic mass is 35.5. The molecule has 90 valence electrons. The van der Waals surface area contributed by atoms with E-state index in [1.54, 1.807) is 32.0 Å². The Morgan fingerprint density at radius 3 is 2.82 bits per heavy atom. The number of benzene rings is 1. The van der Waals surface area contributed by atoms with Crippen LogP contribution in [0.3, 0.4) is 0 Å². The number of rotatable bonds is 4. The second kappa shape index (κ2) is 6.12. The van der Waals surface area contributed by atoms with Crippen molar-refractivity contribution in [2.24, 2.45) is 0 Å². The van der Waals surface area contributed by atoms with Crippen LogP contribution < -0.4 is 5.32 Å². The van der Waals surface area contributed by atoms with E-state index in [0.717, 1.165) is 0 Å². The van der Waals surface area contributed by atoms with Crippen LogP contribution in [0.15, 0.2) is 18.2 Å². The fourth-order valence-electron chi connectivity index (χ4n) is 1.19. The lowest BCUT2D eigenvalue weighted by Crippen LogP contribution is -2.20. The Labute approximate surface area is 105 Å². The Hall–Kier alpha value is -1.73. The molecule has 0 aliphatic heterocycles. The Balaban J connectivity index is 2.56. The van der Waals surface area contributed by atoms with Crippen molar-refractivity contribution in [3.63, 3.8) is 0 Å². The molecule has 0 radical (unpaired) electrons. The van der Waals surface area contributed by atoms with Gasteiger partial charge in [-0.3, -0.25) is 4.79 Å². The summed E-state index contributed by atoms with van der Waals surface area (Å²) in [5.41, 5.74) is 1.08. The van der Waals surface area contributed by atoms with Crippen molar-refractivity contribution in [1.82, 2.24) is 0 Å². The number of halogens is 1. The van der Waals surface area contributed by atoms with E-state index in [1.807, 2.05) is 6.07 Å². The summed E-state index contributed by atoms with van der Waals surface area (Å²) in [4.78, 5) is 11.3. The third kappa shape index (κ3) is 4.33. The van der Waals surface area contributed by atoms with Gasteiger partial charge in [0.15, 0.2) is 0 Å². The first-order chi connectivity index (χ1) is 8.02. The van der Waals surface area contributed by atoms with Gasteiger partial charge < -0.3 is 10.1 Å². The summed E-state index contributed by atoms with van der Waals surface area (Å²) in [6, 6.07) is 6.85. The van der Waals surface area contributed by atoms with Gasteiger partial charge in [0.1, 0.15) is 12.6 Å². The van der Waals surface area contributed by atoms with Crippen molar-refractivity contribution < 1.29 is 9.53 Å².